The Bertz CT molecular complexity index is 2140. The predicted octanol–water partition coefficient (Wildman–Crippen LogP) is 7.29. The number of aliphatic carboxylic acids is 1. The van der Waals surface area contributed by atoms with E-state index in [0.29, 0.717) is 27.4 Å². The van der Waals surface area contributed by atoms with Crippen LogP contribution >= 0.6 is 23.1 Å². The zero-order valence-corrected chi connectivity index (χ0v) is 35.5. The van der Waals surface area contributed by atoms with E-state index in [0.717, 1.165) is 76.8 Å². The van der Waals surface area contributed by atoms with Crippen molar-refractivity contribution >= 4 is 63.2 Å². The summed E-state index contributed by atoms with van der Waals surface area (Å²) in [5, 5.41) is 22.9. The number of alkyl halides is 3. The van der Waals surface area contributed by atoms with Crippen LogP contribution in [0.2, 0.25) is 0 Å². The first-order chi connectivity index (χ1) is 26.9. The lowest BCUT2D eigenvalue weighted by Crippen LogP contribution is -2.58. The first-order valence-corrected chi connectivity index (χ1v) is 22.2. The number of rotatable bonds is 9. The Hall–Kier alpha value is -4.18. The number of anilines is 5. The fraction of sp³-hybridized carbons (Fsp3) is 0.487. The summed E-state index contributed by atoms with van der Waals surface area (Å²) in [6, 6.07) is 8.98. The Morgan fingerprint density at radius 3 is 2.30 bits per heavy atom. The van der Waals surface area contributed by atoms with Crippen molar-refractivity contribution in [2.24, 2.45) is 12.5 Å². The van der Waals surface area contributed by atoms with E-state index < -0.39 is 19.3 Å². The van der Waals surface area contributed by atoms with Crippen LogP contribution in [0.3, 0.4) is 0 Å². The Morgan fingerprint density at radius 2 is 1.72 bits per heavy atom. The van der Waals surface area contributed by atoms with Gasteiger partial charge in [0.2, 0.25) is 5.95 Å². The number of carbonyl (C=O) groups is 1. The lowest BCUT2D eigenvalue weighted by Gasteiger charge is -2.55. The van der Waals surface area contributed by atoms with Gasteiger partial charge in [0.1, 0.15) is 18.7 Å². The summed E-state index contributed by atoms with van der Waals surface area (Å²) in [7, 11) is 1.06. The van der Waals surface area contributed by atoms with Crippen LogP contribution in [0.5, 0.6) is 5.75 Å². The third kappa shape index (κ3) is 9.76. The van der Waals surface area contributed by atoms with E-state index in [1.54, 1.807) is 26.6 Å². The van der Waals surface area contributed by atoms with Crippen molar-refractivity contribution in [3.63, 3.8) is 0 Å². The van der Waals surface area contributed by atoms with Gasteiger partial charge in [-0.15, -0.1) is 0 Å². The first kappa shape index (κ1) is 42.4. The van der Waals surface area contributed by atoms with Crippen LogP contribution in [-0.4, -0.2) is 108 Å². The summed E-state index contributed by atoms with van der Waals surface area (Å²) >= 11 is 3.62. The van der Waals surface area contributed by atoms with Crippen molar-refractivity contribution in [1.29, 1.82) is 0 Å². The van der Waals surface area contributed by atoms with Gasteiger partial charge in [-0.25, -0.2) is 9.78 Å². The summed E-state index contributed by atoms with van der Waals surface area (Å²) in [5.41, 5.74) is 7.48. The topological polar surface area (TPSA) is 150 Å². The number of halogens is 4. The molecule has 18 heteroatoms. The Balaban J connectivity index is 0.000000719. The molecular weight excluding hydrogens is 826 g/mol. The number of aromatic nitrogens is 4. The fourth-order valence-electron chi connectivity index (χ4n) is 8.14. The third-order valence-electron chi connectivity index (χ3n) is 11.2. The molecule has 0 unspecified atom stereocenters. The van der Waals surface area contributed by atoms with Gasteiger partial charge >= 0.3 is 12.1 Å². The second-order valence-electron chi connectivity index (χ2n) is 15.5. The molecule has 2 aromatic carbocycles. The number of hydrogen-bond acceptors (Lipinski definition) is 11. The number of nitrogens with zero attached hydrogens (tertiary/aromatic N) is 6. The highest BCUT2D eigenvalue weighted by molar-refractivity contribution is 9.10. The molecule has 0 atom stereocenters. The standard InChI is InChI=1S/C37H49BrN9O2P.C2HF3O2/c1-24-7-8-30(34(25(24)2)50(5,6)48)42-35-29(38)22-40-36(44-35)43-31-17-28(26-21-41-45(3)23-26)32(18-33(31)49-4)47-15-13-46(14-16-47)27-19-37(20-27)9-11-39-12-10-37;3-2(4,5)1(6)7/h7-8,17-18,21-23,27,39H,9-16,19-20H2,1-6H3,(H2,40,42,43,44);(H,6,7). The Morgan fingerprint density at radius 1 is 1.05 bits per heavy atom. The summed E-state index contributed by atoms with van der Waals surface area (Å²) < 4.78 is 53.6. The second-order valence-corrected chi connectivity index (χ2v) is 19.5. The number of ether oxygens (including phenoxy) is 1. The highest BCUT2D eigenvalue weighted by Crippen LogP contribution is 2.50. The summed E-state index contributed by atoms with van der Waals surface area (Å²) in [6.07, 6.45) is 5.96. The molecule has 4 aromatic rings. The zero-order chi connectivity index (χ0) is 41.3. The summed E-state index contributed by atoms with van der Waals surface area (Å²) in [6.45, 7) is 14.0. The third-order valence-corrected chi connectivity index (χ3v) is 13.5. The molecule has 2 aromatic heterocycles. The van der Waals surface area contributed by atoms with Gasteiger partial charge in [0.05, 0.1) is 29.2 Å². The van der Waals surface area contributed by atoms with Gasteiger partial charge < -0.3 is 35.3 Å². The van der Waals surface area contributed by atoms with E-state index in [1.165, 1.54) is 38.8 Å². The van der Waals surface area contributed by atoms with Crippen LogP contribution in [-0.2, 0) is 16.4 Å². The number of benzene rings is 2. The van der Waals surface area contributed by atoms with Crippen molar-refractivity contribution in [3.8, 4) is 16.9 Å². The number of aryl methyl sites for hydroxylation is 2. The van der Waals surface area contributed by atoms with Crippen molar-refractivity contribution in [2.45, 2.75) is 51.7 Å². The largest absolute Gasteiger partial charge is 0.494 e. The lowest BCUT2D eigenvalue weighted by molar-refractivity contribution is -0.192. The number of carboxylic acid groups (broad SMARTS) is 1. The molecular formula is C39H50BrF3N9O4P. The second kappa shape index (κ2) is 17.0. The molecule has 1 saturated carbocycles. The highest BCUT2D eigenvalue weighted by atomic mass is 79.9. The molecule has 57 heavy (non-hydrogen) atoms. The minimum atomic E-state index is -5.08. The molecule has 3 aliphatic rings. The Labute approximate surface area is 339 Å². The quantitative estimate of drug-likeness (QED) is 0.125. The van der Waals surface area contributed by atoms with Crippen molar-refractivity contribution < 1.29 is 32.4 Å². The van der Waals surface area contributed by atoms with Crippen LogP contribution in [0.1, 0.15) is 36.8 Å². The van der Waals surface area contributed by atoms with Crippen LogP contribution in [0.25, 0.3) is 11.1 Å². The molecule has 3 fully saturated rings. The number of hydrogen-bond donors (Lipinski definition) is 4. The van der Waals surface area contributed by atoms with Gasteiger partial charge in [-0.3, -0.25) is 9.58 Å². The maximum Gasteiger partial charge on any atom is 0.490 e. The lowest BCUT2D eigenvalue weighted by atomic mass is 9.60. The van der Waals surface area contributed by atoms with Gasteiger partial charge in [0.25, 0.3) is 0 Å². The van der Waals surface area contributed by atoms with E-state index in [4.69, 9.17) is 19.6 Å². The van der Waals surface area contributed by atoms with Gasteiger partial charge in [-0.05, 0) is 111 Å². The molecule has 1 aliphatic carbocycles. The molecule has 0 amide bonds. The normalized spacial score (nSPS) is 17.4. The first-order valence-electron chi connectivity index (χ1n) is 18.8. The highest BCUT2D eigenvalue weighted by Gasteiger charge is 2.47. The average molecular weight is 877 g/mol. The SMILES string of the molecule is COc1cc(N2CCN(C3CC4(CCNCC4)C3)CC2)c(-c2cnn(C)c2)cc1Nc1ncc(Br)c(Nc2ccc(C)c(C)c2P(C)(C)=O)n1.O=C(O)C(F)(F)F. The van der Waals surface area contributed by atoms with Gasteiger partial charge in [0, 0.05) is 79.8 Å². The molecule has 0 radical (unpaired) electrons. The number of nitrogens with one attached hydrogen (secondary N) is 3. The van der Waals surface area contributed by atoms with Crippen LogP contribution in [0.15, 0.2) is 47.3 Å². The summed E-state index contributed by atoms with van der Waals surface area (Å²) in [4.78, 5) is 23.5. The molecule has 308 valence electrons. The zero-order valence-electron chi connectivity index (χ0n) is 33.0. The average Bonchev–Trinajstić information content (AvgIpc) is 3.59. The van der Waals surface area contributed by atoms with E-state index in [-0.39, 0.29) is 0 Å². The van der Waals surface area contributed by atoms with Crippen LogP contribution < -0.4 is 30.9 Å². The summed E-state index contributed by atoms with van der Waals surface area (Å²) in [5.74, 6) is -1.08. The molecule has 4 heterocycles. The maximum atomic E-state index is 13.4. The van der Waals surface area contributed by atoms with Crippen molar-refractivity contribution in [1.82, 2.24) is 30.0 Å². The van der Waals surface area contributed by atoms with Crippen LogP contribution in [0, 0.1) is 19.3 Å². The molecule has 2 aliphatic heterocycles. The predicted molar refractivity (Wildman–Crippen MR) is 222 cm³/mol. The molecule has 7 rings (SSSR count). The number of methoxy groups -OCH3 is 1. The number of piperazine rings is 1. The number of carboxylic acids is 1. The van der Waals surface area contributed by atoms with Gasteiger partial charge in [-0.2, -0.15) is 23.3 Å². The fourth-order valence-corrected chi connectivity index (χ4v) is 10.1. The van der Waals surface area contributed by atoms with E-state index in [2.05, 4.69) is 70.1 Å². The van der Waals surface area contributed by atoms with E-state index >= 15 is 0 Å². The number of piperidine rings is 1. The minimum Gasteiger partial charge on any atom is -0.494 e. The van der Waals surface area contributed by atoms with Crippen molar-refractivity contribution in [3.05, 3.63) is 58.5 Å². The molecule has 4 N–H and O–H groups in total. The molecule has 2 saturated heterocycles. The van der Waals surface area contributed by atoms with E-state index in [1.807, 2.05) is 43.9 Å². The van der Waals surface area contributed by atoms with Gasteiger partial charge in [0.15, 0.2) is 0 Å². The Kier molecular flexibility index (Phi) is 12.6. The molecule has 13 nitrogen and oxygen atoms in total. The van der Waals surface area contributed by atoms with Gasteiger partial charge in [-0.1, -0.05) is 6.07 Å². The maximum absolute atomic E-state index is 13.4. The molecule has 0 bridgehead atoms. The van der Waals surface area contributed by atoms with Crippen LogP contribution in [0.4, 0.5) is 42.0 Å². The monoisotopic (exact) mass is 875 g/mol. The van der Waals surface area contributed by atoms with Crippen molar-refractivity contribution in [2.75, 3.05) is 75.2 Å². The smallest absolute Gasteiger partial charge is 0.490 e. The van der Waals surface area contributed by atoms with E-state index in [9.17, 15) is 17.7 Å². The molecule has 1 spiro atoms. The minimum absolute atomic E-state index is 0.404.